The summed E-state index contributed by atoms with van der Waals surface area (Å²) in [4.78, 5) is 38.3. The van der Waals surface area contributed by atoms with Crippen LogP contribution in [0.4, 0.5) is 18.9 Å². The van der Waals surface area contributed by atoms with Crippen LogP contribution in [0.5, 0.6) is 5.75 Å². The smallest absolute Gasteiger partial charge is 0.490 e. The lowest BCUT2D eigenvalue weighted by molar-refractivity contribution is -0.192. The maximum Gasteiger partial charge on any atom is 0.490 e. The molecule has 0 aliphatic rings. The molecule has 0 radical (unpaired) electrons. The molecule has 0 aliphatic heterocycles. The van der Waals surface area contributed by atoms with Crippen LogP contribution in [0, 0.1) is 0 Å². The molecular weight excluding hydrogens is 547 g/mol. The largest absolute Gasteiger partial charge is 0.492 e. The van der Waals surface area contributed by atoms with Crippen LogP contribution in [-0.4, -0.2) is 84.1 Å². The van der Waals surface area contributed by atoms with E-state index in [-0.39, 0.29) is 12.3 Å². The van der Waals surface area contributed by atoms with Crippen LogP contribution in [0.1, 0.15) is 36.0 Å². The Morgan fingerprint density at radius 2 is 1.69 bits per heavy atom. The van der Waals surface area contributed by atoms with Gasteiger partial charge in [0.2, 0.25) is 0 Å². The van der Waals surface area contributed by atoms with Crippen molar-refractivity contribution < 1.29 is 47.2 Å². The highest BCUT2D eigenvalue weighted by molar-refractivity contribution is 6.31. The van der Waals surface area contributed by atoms with Crippen molar-refractivity contribution in [3.05, 3.63) is 53.3 Å². The summed E-state index contributed by atoms with van der Waals surface area (Å²) in [5, 5.41) is 19.5. The summed E-state index contributed by atoms with van der Waals surface area (Å²) < 4.78 is 42.7. The first-order chi connectivity index (χ1) is 18.4. The number of nitrogens with one attached hydrogen (secondary N) is 1. The first-order valence-corrected chi connectivity index (χ1v) is 12.2. The van der Waals surface area contributed by atoms with E-state index >= 15 is 0 Å². The number of aromatic nitrogens is 1. The van der Waals surface area contributed by atoms with Gasteiger partial charge >= 0.3 is 18.1 Å². The maximum absolute atomic E-state index is 13.1. The van der Waals surface area contributed by atoms with Crippen LogP contribution >= 0.6 is 11.6 Å². The van der Waals surface area contributed by atoms with E-state index in [0.717, 1.165) is 12.1 Å². The zero-order valence-electron chi connectivity index (χ0n) is 21.2. The Morgan fingerprint density at radius 3 is 2.28 bits per heavy atom. The van der Waals surface area contributed by atoms with Gasteiger partial charge in [0.25, 0.3) is 5.91 Å². The summed E-state index contributed by atoms with van der Waals surface area (Å²) in [6.07, 6.45) is 0.505. The predicted molar refractivity (Wildman–Crippen MR) is 137 cm³/mol. The Hall–Kier alpha value is -3.58. The molecule has 0 unspecified atom stereocenters. The summed E-state index contributed by atoms with van der Waals surface area (Å²) >= 11 is 6.23. The molecule has 0 saturated carbocycles. The van der Waals surface area contributed by atoms with E-state index in [1.165, 1.54) is 0 Å². The van der Waals surface area contributed by atoms with E-state index in [0.29, 0.717) is 62.0 Å². The minimum absolute atomic E-state index is 0.136. The number of methoxy groups -OCH3 is 1. The molecule has 1 heterocycles. The lowest BCUT2D eigenvalue weighted by atomic mass is 10.1. The summed E-state index contributed by atoms with van der Waals surface area (Å²) in [5.41, 5.74) is 1.39. The van der Waals surface area contributed by atoms with Gasteiger partial charge in [-0.3, -0.25) is 14.6 Å². The number of carboxylic acids is 2. The highest BCUT2D eigenvalue weighted by Gasteiger charge is 2.38. The molecule has 1 aromatic heterocycles. The van der Waals surface area contributed by atoms with Crippen LogP contribution in [0.2, 0.25) is 5.02 Å². The Labute approximate surface area is 228 Å². The Bertz CT molecular complexity index is 1040. The number of aliphatic carboxylic acids is 2. The number of alkyl halides is 3. The van der Waals surface area contributed by atoms with E-state index < -0.39 is 18.1 Å². The quantitative estimate of drug-likeness (QED) is 0.259. The monoisotopic (exact) mass is 577 g/mol. The number of benzene rings is 1. The highest BCUT2D eigenvalue weighted by Crippen LogP contribution is 2.22. The Balaban J connectivity index is 0.000000956. The third-order valence-corrected chi connectivity index (χ3v) is 5.13. The van der Waals surface area contributed by atoms with Gasteiger partial charge in [0.15, 0.2) is 0 Å². The van der Waals surface area contributed by atoms with Gasteiger partial charge in [-0.05, 0) is 43.2 Å². The number of halogens is 4. The normalized spacial score (nSPS) is 10.7. The molecule has 0 aliphatic carbocycles. The number of carboxylic acid groups (broad SMARTS) is 2. The molecule has 2 rings (SSSR count). The van der Waals surface area contributed by atoms with Crippen LogP contribution in [0.25, 0.3) is 0 Å². The second-order valence-corrected chi connectivity index (χ2v) is 8.42. The fourth-order valence-corrected chi connectivity index (χ4v) is 3.28. The number of hydrogen-bond acceptors (Lipinski definition) is 7. The number of rotatable bonds is 15. The molecule has 0 atom stereocenters. The van der Waals surface area contributed by atoms with Crippen LogP contribution < -0.4 is 10.1 Å². The summed E-state index contributed by atoms with van der Waals surface area (Å²) in [5.74, 6) is -3.21. The van der Waals surface area contributed by atoms with Crippen molar-refractivity contribution in [2.45, 2.75) is 31.9 Å². The third kappa shape index (κ3) is 14.8. The molecule has 0 bridgehead atoms. The molecule has 3 N–H and O–H groups in total. The van der Waals surface area contributed by atoms with E-state index in [4.69, 9.17) is 36.1 Å². The zero-order chi connectivity index (χ0) is 29.3. The van der Waals surface area contributed by atoms with Crippen LogP contribution in [0.15, 0.2) is 42.7 Å². The van der Waals surface area contributed by atoms with Crippen molar-refractivity contribution in [3.8, 4) is 5.75 Å². The lowest BCUT2D eigenvalue weighted by Gasteiger charge is -2.23. The maximum atomic E-state index is 13.1. The molecule has 39 heavy (non-hydrogen) atoms. The Kier molecular flexibility index (Phi) is 15.3. The van der Waals surface area contributed by atoms with E-state index in [2.05, 4.69) is 10.3 Å². The van der Waals surface area contributed by atoms with Gasteiger partial charge in [0, 0.05) is 61.8 Å². The minimum atomic E-state index is -5.08. The standard InChI is InChI=1S/C23H30ClN3O5.C2HF3O2/c1-31-14-12-27(11-4-2-3-5-22(28)29)23(30)18-15-19(24)17-21(16-18)32-13-10-26-20-6-8-25-9-7-20;3-2(4,5)1(6)7/h6-9,15-17H,2-5,10-14H2,1H3,(H,25,26)(H,28,29);(H,6,7). The highest BCUT2D eigenvalue weighted by atomic mass is 35.5. The molecule has 1 aromatic carbocycles. The van der Waals surface area contributed by atoms with Crippen molar-refractivity contribution in [1.29, 1.82) is 0 Å². The lowest BCUT2D eigenvalue weighted by Crippen LogP contribution is -2.34. The second kappa shape index (κ2) is 17.8. The Morgan fingerprint density at radius 1 is 1.03 bits per heavy atom. The van der Waals surface area contributed by atoms with Crippen LogP contribution in [-0.2, 0) is 14.3 Å². The van der Waals surface area contributed by atoms with E-state index in [1.807, 2.05) is 12.1 Å². The topological polar surface area (TPSA) is 138 Å². The van der Waals surface area contributed by atoms with Crippen molar-refractivity contribution >= 4 is 35.1 Å². The average Bonchev–Trinajstić information content (AvgIpc) is 2.88. The second-order valence-electron chi connectivity index (χ2n) is 7.98. The number of hydrogen-bond donors (Lipinski definition) is 3. The fraction of sp³-hybridized carbons (Fsp3) is 0.440. The van der Waals surface area contributed by atoms with Gasteiger partial charge in [-0.2, -0.15) is 13.2 Å². The molecule has 216 valence electrons. The number of carbonyl (C=O) groups excluding carboxylic acids is 1. The van der Waals surface area contributed by atoms with E-state index in [9.17, 15) is 22.8 Å². The number of ether oxygens (including phenoxy) is 2. The predicted octanol–water partition coefficient (Wildman–Crippen LogP) is 4.59. The number of nitrogens with zero attached hydrogens (tertiary/aromatic N) is 2. The van der Waals surface area contributed by atoms with Gasteiger partial charge < -0.3 is 29.9 Å². The molecule has 1 amide bonds. The number of pyridine rings is 1. The SMILES string of the molecule is COCCN(CCCCCC(=O)O)C(=O)c1cc(Cl)cc(OCCNc2ccncc2)c1.O=C(O)C(F)(F)F. The van der Waals surface area contributed by atoms with Crippen molar-refractivity contribution in [3.63, 3.8) is 0 Å². The number of anilines is 1. The number of unbranched alkanes of at least 4 members (excludes halogenated alkanes) is 2. The summed E-state index contributed by atoms with van der Waals surface area (Å²) in [6, 6.07) is 8.72. The van der Waals surface area contributed by atoms with Gasteiger partial charge in [-0.15, -0.1) is 0 Å². The summed E-state index contributed by atoms with van der Waals surface area (Å²) in [6.45, 7) is 2.34. The van der Waals surface area contributed by atoms with Gasteiger partial charge in [0.1, 0.15) is 12.4 Å². The molecular formula is C25H31ClF3N3O7. The van der Waals surface area contributed by atoms with Crippen LogP contribution in [0.3, 0.4) is 0 Å². The van der Waals surface area contributed by atoms with Gasteiger partial charge in [-0.1, -0.05) is 18.0 Å². The molecule has 2 aromatic rings. The third-order valence-electron chi connectivity index (χ3n) is 4.91. The van der Waals surface area contributed by atoms with Gasteiger partial charge in [-0.25, -0.2) is 4.79 Å². The van der Waals surface area contributed by atoms with Crippen molar-refractivity contribution in [1.82, 2.24) is 9.88 Å². The molecule has 14 heteroatoms. The first-order valence-electron chi connectivity index (χ1n) is 11.8. The summed E-state index contributed by atoms with van der Waals surface area (Å²) in [7, 11) is 1.58. The van der Waals surface area contributed by atoms with Crippen molar-refractivity contribution in [2.24, 2.45) is 0 Å². The molecule has 0 spiro atoms. The minimum Gasteiger partial charge on any atom is -0.492 e. The molecule has 0 fully saturated rings. The average molecular weight is 578 g/mol. The molecule has 10 nitrogen and oxygen atoms in total. The van der Waals surface area contributed by atoms with E-state index in [1.54, 1.807) is 42.6 Å². The fourth-order valence-electron chi connectivity index (χ4n) is 3.06. The first kappa shape index (κ1) is 33.4. The molecule has 0 saturated heterocycles. The van der Waals surface area contributed by atoms with Gasteiger partial charge in [0.05, 0.1) is 6.61 Å². The number of amides is 1. The van der Waals surface area contributed by atoms with Crippen molar-refractivity contribution in [2.75, 3.05) is 45.3 Å². The zero-order valence-corrected chi connectivity index (χ0v) is 22.0. The number of carbonyl (C=O) groups is 3.